The van der Waals surface area contributed by atoms with Crippen LogP contribution in [0.2, 0.25) is 0 Å². The van der Waals surface area contributed by atoms with Gasteiger partial charge in [-0.15, -0.1) is 0 Å². The number of nitrogens with one attached hydrogen (secondary N) is 1. The minimum atomic E-state index is -0.0820. The summed E-state index contributed by atoms with van der Waals surface area (Å²) in [6.07, 6.45) is 3.27. The predicted octanol–water partition coefficient (Wildman–Crippen LogP) is 2.74. The van der Waals surface area contributed by atoms with Crippen molar-refractivity contribution in [3.05, 3.63) is 35.9 Å². The van der Waals surface area contributed by atoms with E-state index in [1.54, 1.807) is 6.07 Å². The van der Waals surface area contributed by atoms with Gasteiger partial charge in [0.15, 0.2) is 0 Å². The van der Waals surface area contributed by atoms with E-state index in [9.17, 15) is 4.79 Å². The largest absolute Gasteiger partial charge is 0.384 e. The lowest BCUT2D eigenvalue weighted by atomic mass is 10.1. The number of aromatic nitrogens is 1. The first kappa shape index (κ1) is 13.3. The zero-order valence-electron chi connectivity index (χ0n) is 11.1. The maximum absolute atomic E-state index is 12.2. The summed E-state index contributed by atoms with van der Waals surface area (Å²) in [5.74, 6) is 0.291. The molecule has 0 radical (unpaired) electrons. The highest BCUT2D eigenvalue weighted by molar-refractivity contribution is 6.06. The SMILES string of the molecule is CCCCCNC(=O)c1cc(N)nc2ccccc12. The highest BCUT2D eigenvalue weighted by atomic mass is 16.1. The Morgan fingerprint density at radius 3 is 2.89 bits per heavy atom. The number of hydrogen-bond donors (Lipinski definition) is 2. The van der Waals surface area contributed by atoms with Gasteiger partial charge in [0.2, 0.25) is 0 Å². The number of pyridine rings is 1. The van der Waals surface area contributed by atoms with Gasteiger partial charge >= 0.3 is 0 Å². The molecule has 3 N–H and O–H groups in total. The minimum absolute atomic E-state index is 0.0820. The highest BCUT2D eigenvalue weighted by Crippen LogP contribution is 2.19. The fourth-order valence-electron chi connectivity index (χ4n) is 2.06. The van der Waals surface area contributed by atoms with Gasteiger partial charge in [0, 0.05) is 11.9 Å². The van der Waals surface area contributed by atoms with Crippen molar-refractivity contribution in [2.24, 2.45) is 0 Å². The van der Waals surface area contributed by atoms with Gasteiger partial charge in [0.05, 0.1) is 11.1 Å². The van der Waals surface area contributed by atoms with E-state index in [0.717, 1.165) is 30.2 Å². The van der Waals surface area contributed by atoms with Crippen molar-refractivity contribution in [3.8, 4) is 0 Å². The number of anilines is 1. The summed E-state index contributed by atoms with van der Waals surface area (Å²) >= 11 is 0. The summed E-state index contributed by atoms with van der Waals surface area (Å²) in [5, 5.41) is 3.77. The molecule has 1 amide bonds. The van der Waals surface area contributed by atoms with Gasteiger partial charge < -0.3 is 11.1 Å². The van der Waals surface area contributed by atoms with Gasteiger partial charge in [-0.2, -0.15) is 0 Å². The predicted molar refractivity (Wildman–Crippen MR) is 78.0 cm³/mol. The Morgan fingerprint density at radius 2 is 2.11 bits per heavy atom. The van der Waals surface area contributed by atoms with Crippen molar-refractivity contribution >= 4 is 22.6 Å². The first-order valence-corrected chi connectivity index (χ1v) is 6.66. The first-order valence-electron chi connectivity index (χ1n) is 6.66. The number of carbonyl (C=O) groups is 1. The van der Waals surface area contributed by atoms with Gasteiger partial charge in [-0.1, -0.05) is 38.0 Å². The zero-order valence-corrected chi connectivity index (χ0v) is 11.1. The molecule has 0 bridgehead atoms. The number of fused-ring (bicyclic) bond motifs is 1. The normalized spacial score (nSPS) is 10.6. The lowest BCUT2D eigenvalue weighted by Crippen LogP contribution is -2.24. The third-order valence-corrected chi connectivity index (χ3v) is 3.05. The van der Waals surface area contributed by atoms with E-state index >= 15 is 0 Å². The Kier molecular flexibility index (Phi) is 4.34. The smallest absolute Gasteiger partial charge is 0.252 e. The summed E-state index contributed by atoms with van der Waals surface area (Å²) in [6, 6.07) is 9.17. The lowest BCUT2D eigenvalue weighted by molar-refractivity contribution is 0.0954. The van der Waals surface area contributed by atoms with Crippen molar-refractivity contribution in [1.29, 1.82) is 0 Å². The van der Waals surface area contributed by atoms with Crippen LogP contribution in [0.5, 0.6) is 0 Å². The first-order chi connectivity index (χ1) is 9.22. The monoisotopic (exact) mass is 257 g/mol. The molecule has 0 fully saturated rings. The van der Waals surface area contributed by atoms with E-state index in [4.69, 9.17) is 5.73 Å². The minimum Gasteiger partial charge on any atom is -0.384 e. The van der Waals surface area contributed by atoms with Gasteiger partial charge in [-0.25, -0.2) is 4.98 Å². The van der Waals surface area contributed by atoms with Crippen LogP contribution in [0.3, 0.4) is 0 Å². The van der Waals surface area contributed by atoms with Crippen molar-refractivity contribution in [3.63, 3.8) is 0 Å². The quantitative estimate of drug-likeness (QED) is 0.809. The molecule has 1 aromatic heterocycles. The molecular weight excluding hydrogens is 238 g/mol. The molecule has 0 saturated carbocycles. The second-order valence-corrected chi connectivity index (χ2v) is 4.57. The van der Waals surface area contributed by atoms with Crippen molar-refractivity contribution < 1.29 is 4.79 Å². The fraction of sp³-hybridized carbons (Fsp3) is 0.333. The van der Waals surface area contributed by atoms with E-state index < -0.39 is 0 Å². The number of hydrogen-bond acceptors (Lipinski definition) is 3. The van der Waals surface area contributed by atoms with Gasteiger partial charge in [0.25, 0.3) is 5.91 Å². The summed E-state index contributed by atoms with van der Waals surface area (Å²) in [5.41, 5.74) is 7.10. The van der Waals surface area contributed by atoms with Crippen molar-refractivity contribution in [1.82, 2.24) is 10.3 Å². The Bertz CT molecular complexity index is 581. The van der Waals surface area contributed by atoms with Crippen LogP contribution in [0.1, 0.15) is 36.5 Å². The molecule has 0 aliphatic rings. The highest BCUT2D eigenvalue weighted by Gasteiger charge is 2.11. The maximum atomic E-state index is 12.2. The van der Waals surface area contributed by atoms with E-state index in [0.29, 0.717) is 17.9 Å². The maximum Gasteiger partial charge on any atom is 0.252 e. The van der Waals surface area contributed by atoms with Crippen LogP contribution in [-0.4, -0.2) is 17.4 Å². The molecule has 0 aliphatic carbocycles. The molecule has 0 aliphatic heterocycles. The van der Waals surface area contributed by atoms with Crippen LogP contribution in [0, 0.1) is 0 Å². The molecule has 2 rings (SSSR count). The number of unbranched alkanes of at least 4 members (excludes halogenated alkanes) is 2. The Labute approximate surface area is 113 Å². The number of para-hydroxylation sites is 1. The number of nitrogen functional groups attached to an aromatic ring is 1. The Morgan fingerprint density at radius 1 is 1.32 bits per heavy atom. The van der Waals surface area contributed by atoms with Gasteiger partial charge in [-0.3, -0.25) is 4.79 Å². The third-order valence-electron chi connectivity index (χ3n) is 3.05. The second-order valence-electron chi connectivity index (χ2n) is 4.57. The Balaban J connectivity index is 2.21. The lowest BCUT2D eigenvalue weighted by Gasteiger charge is -2.08. The van der Waals surface area contributed by atoms with E-state index in [1.165, 1.54) is 0 Å². The van der Waals surface area contributed by atoms with Crippen LogP contribution in [0.4, 0.5) is 5.82 Å². The number of nitrogens with two attached hydrogens (primary N) is 1. The molecule has 19 heavy (non-hydrogen) atoms. The number of benzene rings is 1. The fourth-order valence-corrected chi connectivity index (χ4v) is 2.06. The van der Waals surface area contributed by atoms with Crippen molar-refractivity contribution in [2.45, 2.75) is 26.2 Å². The molecule has 1 aromatic carbocycles. The summed E-state index contributed by atoms with van der Waals surface area (Å²) in [6.45, 7) is 2.84. The topological polar surface area (TPSA) is 68.0 Å². The summed E-state index contributed by atoms with van der Waals surface area (Å²) in [4.78, 5) is 16.4. The molecule has 100 valence electrons. The molecule has 0 unspecified atom stereocenters. The second kappa shape index (κ2) is 6.18. The molecule has 0 saturated heterocycles. The van der Waals surface area contributed by atoms with Gasteiger partial charge in [0.1, 0.15) is 5.82 Å². The molecule has 0 spiro atoms. The standard InChI is InChI=1S/C15H19N3O/c1-2-3-6-9-17-15(19)12-10-14(16)18-13-8-5-4-7-11(12)13/h4-5,7-8,10H,2-3,6,9H2,1H3,(H2,16,18)(H,17,19). The van der Waals surface area contributed by atoms with E-state index in [2.05, 4.69) is 17.2 Å². The zero-order chi connectivity index (χ0) is 13.7. The molecule has 4 nitrogen and oxygen atoms in total. The molecular formula is C15H19N3O. The molecule has 0 atom stereocenters. The Hall–Kier alpha value is -2.10. The number of nitrogens with zero attached hydrogens (tertiary/aromatic N) is 1. The van der Waals surface area contributed by atoms with Crippen LogP contribution >= 0.6 is 0 Å². The summed E-state index contributed by atoms with van der Waals surface area (Å²) < 4.78 is 0. The van der Waals surface area contributed by atoms with Crippen LogP contribution in [0.15, 0.2) is 30.3 Å². The average Bonchev–Trinajstić information content (AvgIpc) is 2.42. The van der Waals surface area contributed by atoms with Crippen LogP contribution < -0.4 is 11.1 Å². The molecule has 1 heterocycles. The third kappa shape index (κ3) is 3.22. The average molecular weight is 257 g/mol. The molecule has 2 aromatic rings. The number of rotatable bonds is 5. The van der Waals surface area contributed by atoms with E-state index in [-0.39, 0.29) is 5.91 Å². The molecule has 4 heteroatoms. The van der Waals surface area contributed by atoms with Gasteiger partial charge in [-0.05, 0) is 18.6 Å². The van der Waals surface area contributed by atoms with Crippen LogP contribution in [-0.2, 0) is 0 Å². The number of amides is 1. The number of carbonyl (C=O) groups excluding carboxylic acids is 1. The van der Waals surface area contributed by atoms with Crippen molar-refractivity contribution in [2.75, 3.05) is 12.3 Å². The van der Waals surface area contributed by atoms with E-state index in [1.807, 2.05) is 24.3 Å². The summed E-state index contributed by atoms with van der Waals surface area (Å²) in [7, 11) is 0. The van der Waals surface area contributed by atoms with Crippen LogP contribution in [0.25, 0.3) is 10.9 Å².